The molecule has 0 spiro atoms. The minimum absolute atomic E-state index is 0.0468. The fourth-order valence-electron chi connectivity index (χ4n) is 1.88. The number of sulfonamides is 1. The Balaban J connectivity index is 2.40. The molecule has 2 rings (SSSR count). The standard InChI is InChI=1S/C12H15FN2O4S/c1-6-3-9(6)15-12(16)7-4-8(13)11(19-2)10(5-7)20(14,17)18/h4-6,9H,3H2,1-2H3,(H,15,16)(H2,14,17,18). The summed E-state index contributed by atoms with van der Waals surface area (Å²) in [5.41, 5.74) is -0.105. The van der Waals surface area contributed by atoms with E-state index in [1.807, 2.05) is 6.92 Å². The molecule has 1 amide bonds. The highest BCUT2D eigenvalue weighted by Crippen LogP contribution is 2.31. The van der Waals surface area contributed by atoms with Crippen LogP contribution >= 0.6 is 0 Å². The Kier molecular flexibility index (Phi) is 3.70. The van der Waals surface area contributed by atoms with Crippen LogP contribution in [0.1, 0.15) is 23.7 Å². The van der Waals surface area contributed by atoms with Crippen molar-refractivity contribution >= 4 is 15.9 Å². The summed E-state index contributed by atoms with van der Waals surface area (Å²) in [6.45, 7) is 1.97. The Morgan fingerprint density at radius 1 is 1.50 bits per heavy atom. The molecule has 0 heterocycles. The fraction of sp³-hybridized carbons (Fsp3) is 0.417. The van der Waals surface area contributed by atoms with E-state index < -0.39 is 32.4 Å². The molecule has 1 fully saturated rings. The highest BCUT2D eigenvalue weighted by molar-refractivity contribution is 7.89. The molecular weight excluding hydrogens is 287 g/mol. The molecule has 2 unspecified atom stereocenters. The van der Waals surface area contributed by atoms with Gasteiger partial charge in [-0.1, -0.05) is 6.92 Å². The quantitative estimate of drug-likeness (QED) is 0.851. The van der Waals surface area contributed by atoms with Gasteiger partial charge in [0.1, 0.15) is 4.90 Å². The van der Waals surface area contributed by atoms with Gasteiger partial charge >= 0.3 is 0 Å². The maximum absolute atomic E-state index is 13.8. The molecule has 1 aliphatic carbocycles. The molecular formula is C12H15FN2O4S. The lowest BCUT2D eigenvalue weighted by Gasteiger charge is -2.10. The van der Waals surface area contributed by atoms with Gasteiger partial charge in [-0.25, -0.2) is 17.9 Å². The van der Waals surface area contributed by atoms with Crippen LogP contribution in [0.15, 0.2) is 17.0 Å². The van der Waals surface area contributed by atoms with Crippen molar-refractivity contribution in [1.29, 1.82) is 0 Å². The third kappa shape index (κ3) is 2.91. The van der Waals surface area contributed by atoms with Gasteiger partial charge in [-0.05, 0) is 24.5 Å². The van der Waals surface area contributed by atoms with E-state index in [9.17, 15) is 17.6 Å². The largest absolute Gasteiger partial charge is 0.492 e. The van der Waals surface area contributed by atoms with Gasteiger partial charge in [0.15, 0.2) is 11.6 Å². The summed E-state index contributed by atoms with van der Waals surface area (Å²) >= 11 is 0. The number of hydrogen-bond donors (Lipinski definition) is 2. The van der Waals surface area contributed by atoms with E-state index in [0.717, 1.165) is 25.7 Å². The Morgan fingerprint density at radius 2 is 2.10 bits per heavy atom. The highest BCUT2D eigenvalue weighted by Gasteiger charge is 2.34. The van der Waals surface area contributed by atoms with Gasteiger partial charge in [0.2, 0.25) is 10.0 Å². The molecule has 0 aliphatic heterocycles. The summed E-state index contributed by atoms with van der Waals surface area (Å²) in [4.78, 5) is 11.4. The highest BCUT2D eigenvalue weighted by atomic mass is 32.2. The molecule has 0 radical (unpaired) electrons. The molecule has 3 N–H and O–H groups in total. The SMILES string of the molecule is COc1c(F)cc(C(=O)NC2CC2C)cc1S(N)(=O)=O. The molecule has 1 saturated carbocycles. The van der Waals surface area contributed by atoms with E-state index in [1.165, 1.54) is 0 Å². The van der Waals surface area contributed by atoms with Gasteiger partial charge in [-0.2, -0.15) is 0 Å². The molecule has 0 saturated heterocycles. The topological polar surface area (TPSA) is 98.5 Å². The molecule has 2 atom stereocenters. The number of methoxy groups -OCH3 is 1. The maximum atomic E-state index is 13.8. The van der Waals surface area contributed by atoms with Crippen LogP contribution in [0.5, 0.6) is 5.75 Å². The van der Waals surface area contributed by atoms with Crippen LogP contribution in [-0.2, 0) is 10.0 Å². The van der Waals surface area contributed by atoms with E-state index in [1.54, 1.807) is 0 Å². The van der Waals surface area contributed by atoms with Crippen LogP contribution in [0.3, 0.4) is 0 Å². The molecule has 6 nitrogen and oxygen atoms in total. The molecule has 1 aliphatic rings. The summed E-state index contributed by atoms with van der Waals surface area (Å²) < 4.78 is 41.3. The number of nitrogens with two attached hydrogens (primary N) is 1. The van der Waals surface area contributed by atoms with Crippen molar-refractivity contribution in [1.82, 2.24) is 5.32 Å². The number of carbonyl (C=O) groups is 1. The monoisotopic (exact) mass is 302 g/mol. The molecule has 20 heavy (non-hydrogen) atoms. The van der Waals surface area contributed by atoms with Crippen LogP contribution in [0.4, 0.5) is 4.39 Å². The second kappa shape index (κ2) is 5.02. The lowest BCUT2D eigenvalue weighted by atomic mass is 10.2. The second-order valence-corrected chi connectivity index (χ2v) is 6.36. The minimum Gasteiger partial charge on any atom is -0.492 e. The Labute approximate surface area is 116 Å². The van der Waals surface area contributed by atoms with Crippen LogP contribution in [-0.4, -0.2) is 27.5 Å². The smallest absolute Gasteiger partial charge is 0.251 e. The van der Waals surface area contributed by atoms with E-state index in [-0.39, 0.29) is 11.6 Å². The van der Waals surface area contributed by atoms with Gasteiger partial charge < -0.3 is 10.1 Å². The number of primary sulfonamides is 1. The van der Waals surface area contributed by atoms with Gasteiger partial charge in [0, 0.05) is 11.6 Å². The lowest BCUT2D eigenvalue weighted by Crippen LogP contribution is -2.27. The molecule has 1 aromatic carbocycles. The van der Waals surface area contributed by atoms with E-state index >= 15 is 0 Å². The first kappa shape index (κ1) is 14.7. The van der Waals surface area contributed by atoms with Crippen LogP contribution in [0, 0.1) is 11.7 Å². The molecule has 110 valence electrons. The summed E-state index contributed by atoms with van der Waals surface area (Å²) in [5, 5.41) is 7.68. The predicted octanol–water partition coefficient (Wildman–Crippen LogP) is 0.620. The van der Waals surface area contributed by atoms with Gasteiger partial charge in [0.25, 0.3) is 5.91 Å². The molecule has 8 heteroatoms. The minimum atomic E-state index is -4.19. The van der Waals surface area contributed by atoms with Crippen LogP contribution < -0.4 is 15.2 Å². The predicted molar refractivity (Wildman–Crippen MR) is 69.4 cm³/mol. The van der Waals surface area contributed by atoms with Crippen molar-refractivity contribution in [3.8, 4) is 5.75 Å². The number of amides is 1. The normalized spacial score (nSPS) is 21.4. The average molecular weight is 302 g/mol. The first-order valence-electron chi connectivity index (χ1n) is 5.95. The summed E-state index contributed by atoms with van der Waals surface area (Å²) in [7, 11) is -3.07. The van der Waals surface area contributed by atoms with E-state index in [2.05, 4.69) is 10.1 Å². The molecule has 1 aromatic rings. The molecule has 0 bridgehead atoms. The van der Waals surface area contributed by atoms with Crippen LogP contribution in [0.25, 0.3) is 0 Å². The van der Waals surface area contributed by atoms with Gasteiger partial charge in [-0.3, -0.25) is 4.79 Å². The lowest BCUT2D eigenvalue weighted by molar-refractivity contribution is 0.0948. The number of rotatable bonds is 4. The number of hydrogen-bond acceptors (Lipinski definition) is 4. The summed E-state index contributed by atoms with van der Waals surface area (Å²) in [6.07, 6.45) is 0.854. The zero-order valence-electron chi connectivity index (χ0n) is 11.0. The maximum Gasteiger partial charge on any atom is 0.251 e. The first-order valence-corrected chi connectivity index (χ1v) is 7.50. The Hall–Kier alpha value is -1.67. The average Bonchev–Trinajstić information content (AvgIpc) is 3.02. The summed E-state index contributed by atoms with van der Waals surface area (Å²) in [5.74, 6) is -1.61. The number of nitrogens with one attached hydrogen (secondary N) is 1. The van der Waals surface area contributed by atoms with Gasteiger partial charge in [0.05, 0.1) is 7.11 Å². The number of ether oxygens (including phenoxy) is 1. The Morgan fingerprint density at radius 3 is 2.55 bits per heavy atom. The summed E-state index contributed by atoms with van der Waals surface area (Å²) in [6, 6.07) is 1.99. The second-order valence-electron chi connectivity index (χ2n) is 4.83. The van der Waals surface area contributed by atoms with E-state index in [4.69, 9.17) is 5.14 Å². The van der Waals surface area contributed by atoms with Crippen molar-refractivity contribution in [3.63, 3.8) is 0 Å². The van der Waals surface area contributed by atoms with Crippen molar-refractivity contribution in [3.05, 3.63) is 23.5 Å². The number of carbonyl (C=O) groups excluding carboxylic acids is 1. The number of benzene rings is 1. The zero-order chi connectivity index (χ0) is 15.1. The molecule has 0 aromatic heterocycles. The zero-order valence-corrected chi connectivity index (χ0v) is 11.8. The fourth-order valence-corrected chi connectivity index (χ4v) is 2.61. The van der Waals surface area contributed by atoms with Gasteiger partial charge in [-0.15, -0.1) is 0 Å². The van der Waals surface area contributed by atoms with Crippen LogP contribution in [0.2, 0.25) is 0 Å². The van der Waals surface area contributed by atoms with Crippen molar-refractivity contribution < 1.29 is 22.3 Å². The first-order chi connectivity index (χ1) is 9.24. The van der Waals surface area contributed by atoms with Crippen molar-refractivity contribution in [2.24, 2.45) is 11.1 Å². The van der Waals surface area contributed by atoms with E-state index in [0.29, 0.717) is 5.92 Å². The van der Waals surface area contributed by atoms with Crippen molar-refractivity contribution in [2.75, 3.05) is 7.11 Å². The Bertz CT molecular complexity index is 660. The third-order valence-electron chi connectivity index (χ3n) is 3.21. The van der Waals surface area contributed by atoms with Crippen molar-refractivity contribution in [2.45, 2.75) is 24.3 Å². The number of halogens is 1. The third-order valence-corrected chi connectivity index (χ3v) is 4.12.